The average Bonchev–Trinajstić information content (AvgIpc) is 3.26. The molecule has 104 valence electrons. The Hall–Kier alpha value is -1.69. The number of nitrogens with one attached hydrogen (secondary N) is 1. The van der Waals surface area contributed by atoms with Gasteiger partial charge >= 0.3 is 0 Å². The molecule has 0 unspecified atom stereocenters. The van der Waals surface area contributed by atoms with Crippen LogP contribution in [-0.2, 0) is 0 Å². The van der Waals surface area contributed by atoms with E-state index in [-0.39, 0.29) is 0 Å². The maximum atomic E-state index is 4.63. The van der Waals surface area contributed by atoms with Gasteiger partial charge < -0.3 is 5.32 Å². The first-order chi connectivity index (χ1) is 9.74. The number of anilines is 1. The smallest absolute Gasteiger partial charge is 0.193 e. The molecular weight excluding hydrogens is 270 g/mol. The van der Waals surface area contributed by atoms with Crippen molar-refractivity contribution in [3.8, 4) is 0 Å². The Morgan fingerprint density at radius 2 is 2.00 bits per heavy atom. The summed E-state index contributed by atoms with van der Waals surface area (Å²) in [6.45, 7) is 4.90. The summed E-state index contributed by atoms with van der Waals surface area (Å²) in [5.41, 5.74) is 1.06. The Bertz CT molecular complexity index is 595. The van der Waals surface area contributed by atoms with Gasteiger partial charge in [0.05, 0.1) is 0 Å². The molecule has 0 atom stereocenters. The van der Waals surface area contributed by atoms with Crippen LogP contribution in [0.4, 0.5) is 5.82 Å². The largest absolute Gasteiger partial charge is 0.370 e. The maximum absolute atomic E-state index is 4.63. The standard InChI is InChI=1S/C14H17N5S/c1-3-15-11-6-12(19-13(18-11)10-4-5-10)20-14-16-7-9(2)8-17-14/h6-8,10H,3-5H2,1-2H3,(H,15,18,19). The molecule has 1 saturated carbocycles. The molecule has 5 nitrogen and oxygen atoms in total. The normalized spacial score (nSPS) is 14.3. The van der Waals surface area contributed by atoms with E-state index in [1.165, 1.54) is 24.6 Å². The van der Waals surface area contributed by atoms with Crippen molar-refractivity contribution in [3.05, 3.63) is 29.8 Å². The lowest BCUT2D eigenvalue weighted by Gasteiger charge is -2.07. The molecule has 0 aromatic carbocycles. The van der Waals surface area contributed by atoms with Crippen LogP contribution in [0.15, 0.2) is 28.6 Å². The quantitative estimate of drug-likeness (QED) is 0.673. The summed E-state index contributed by atoms with van der Waals surface area (Å²) >= 11 is 1.48. The molecule has 0 aliphatic heterocycles. The highest BCUT2D eigenvalue weighted by Crippen LogP contribution is 2.39. The lowest BCUT2D eigenvalue weighted by Crippen LogP contribution is -2.04. The third-order valence-electron chi connectivity index (χ3n) is 2.97. The minimum Gasteiger partial charge on any atom is -0.370 e. The second-order valence-electron chi connectivity index (χ2n) is 4.90. The number of nitrogens with zero attached hydrogens (tertiary/aromatic N) is 4. The van der Waals surface area contributed by atoms with Gasteiger partial charge in [-0.05, 0) is 44.0 Å². The minimum absolute atomic E-state index is 0.534. The van der Waals surface area contributed by atoms with Crippen LogP contribution in [0.2, 0.25) is 0 Å². The van der Waals surface area contributed by atoms with Gasteiger partial charge in [0.25, 0.3) is 0 Å². The fraction of sp³-hybridized carbons (Fsp3) is 0.429. The summed E-state index contributed by atoms with van der Waals surface area (Å²) in [7, 11) is 0. The Labute approximate surface area is 122 Å². The van der Waals surface area contributed by atoms with E-state index >= 15 is 0 Å². The van der Waals surface area contributed by atoms with Gasteiger partial charge in [0.15, 0.2) is 5.16 Å². The third-order valence-corrected chi connectivity index (χ3v) is 3.79. The third kappa shape index (κ3) is 3.25. The number of aryl methyl sites for hydroxylation is 1. The fourth-order valence-electron chi connectivity index (χ4n) is 1.82. The summed E-state index contributed by atoms with van der Waals surface area (Å²) in [5, 5.41) is 4.89. The minimum atomic E-state index is 0.534. The number of hydrogen-bond acceptors (Lipinski definition) is 6. The highest BCUT2D eigenvalue weighted by Gasteiger charge is 2.27. The van der Waals surface area contributed by atoms with Crippen molar-refractivity contribution in [2.75, 3.05) is 11.9 Å². The summed E-state index contributed by atoms with van der Waals surface area (Å²) in [5.74, 6) is 2.36. The first-order valence-corrected chi connectivity index (χ1v) is 7.65. The van der Waals surface area contributed by atoms with Gasteiger partial charge in [-0.1, -0.05) is 0 Å². The number of hydrogen-bond donors (Lipinski definition) is 1. The molecule has 0 saturated heterocycles. The van der Waals surface area contributed by atoms with E-state index in [9.17, 15) is 0 Å². The van der Waals surface area contributed by atoms with Crippen LogP contribution in [0.5, 0.6) is 0 Å². The first kappa shape index (κ1) is 13.3. The van der Waals surface area contributed by atoms with Gasteiger partial charge in [-0.25, -0.2) is 19.9 Å². The number of rotatable bonds is 5. The second-order valence-corrected chi connectivity index (χ2v) is 5.89. The van der Waals surface area contributed by atoms with Crippen LogP contribution < -0.4 is 5.32 Å². The van der Waals surface area contributed by atoms with Crippen LogP contribution >= 0.6 is 11.8 Å². The van der Waals surface area contributed by atoms with Crippen molar-refractivity contribution < 1.29 is 0 Å². The van der Waals surface area contributed by atoms with Crippen molar-refractivity contribution in [2.24, 2.45) is 0 Å². The monoisotopic (exact) mass is 287 g/mol. The van der Waals surface area contributed by atoms with Crippen molar-refractivity contribution in [2.45, 2.75) is 42.8 Å². The summed E-state index contributed by atoms with van der Waals surface area (Å²) in [4.78, 5) is 17.8. The zero-order valence-electron chi connectivity index (χ0n) is 11.6. The van der Waals surface area contributed by atoms with Gasteiger partial charge in [-0.2, -0.15) is 0 Å². The van der Waals surface area contributed by atoms with Gasteiger partial charge in [0, 0.05) is 30.9 Å². The fourth-order valence-corrected chi connectivity index (χ4v) is 2.53. The summed E-state index contributed by atoms with van der Waals surface area (Å²) in [6.07, 6.45) is 6.04. The molecule has 1 N–H and O–H groups in total. The van der Waals surface area contributed by atoms with E-state index in [1.54, 1.807) is 0 Å². The Balaban J connectivity index is 1.85. The molecule has 6 heteroatoms. The Morgan fingerprint density at radius 1 is 1.25 bits per heavy atom. The van der Waals surface area contributed by atoms with Gasteiger partial charge in [0.1, 0.15) is 16.7 Å². The molecule has 1 fully saturated rings. The molecule has 2 heterocycles. The van der Waals surface area contributed by atoms with E-state index in [4.69, 9.17) is 0 Å². The van der Waals surface area contributed by atoms with Crippen LogP contribution in [-0.4, -0.2) is 26.5 Å². The van der Waals surface area contributed by atoms with Crippen molar-refractivity contribution >= 4 is 17.6 Å². The zero-order chi connectivity index (χ0) is 13.9. The molecular formula is C14H17N5S. The summed E-state index contributed by atoms with van der Waals surface area (Å²) in [6, 6.07) is 1.96. The lowest BCUT2D eigenvalue weighted by molar-refractivity contribution is 0.871. The Morgan fingerprint density at radius 3 is 2.65 bits per heavy atom. The van der Waals surface area contributed by atoms with Gasteiger partial charge in [-0.3, -0.25) is 0 Å². The zero-order valence-corrected chi connectivity index (χ0v) is 12.4. The highest BCUT2D eigenvalue weighted by atomic mass is 32.2. The molecule has 2 aromatic heterocycles. The molecule has 20 heavy (non-hydrogen) atoms. The molecule has 0 radical (unpaired) electrons. The maximum Gasteiger partial charge on any atom is 0.193 e. The first-order valence-electron chi connectivity index (χ1n) is 6.84. The second kappa shape index (κ2) is 5.75. The Kier molecular flexibility index (Phi) is 3.82. The van der Waals surface area contributed by atoms with E-state index in [1.807, 2.05) is 25.4 Å². The topological polar surface area (TPSA) is 63.6 Å². The average molecular weight is 287 g/mol. The SMILES string of the molecule is CCNc1cc(Sc2ncc(C)cn2)nc(C2CC2)n1. The highest BCUT2D eigenvalue weighted by molar-refractivity contribution is 7.99. The van der Waals surface area contributed by atoms with Crippen LogP contribution in [0.1, 0.15) is 37.1 Å². The summed E-state index contributed by atoms with van der Waals surface area (Å²) < 4.78 is 0. The molecule has 0 bridgehead atoms. The molecule has 0 spiro atoms. The molecule has 2 aromatic rings. The van der Waals surface area contributed by atoms with Gasteiger partial charge in [0.2, 0.25) is 0 Å². The van der Waals surface area contributed by atoms with Crippen LogP contribution in [0.25, 0.3) is 0 Å². The molecule has 1 aliphatic rings. The molecule has 0 amide bonds. The van der Waals surface area contributed by atoms with E-state index in [0.29, 0.717) is 5.92 Å². The predicted octanol–water partition coefficient (Wildman–Crippen LogP) is 3.04. The lowest BCUT2D eigenvalue weighted by atomic mass is 10.4. The van der Waals surface area contributed by atoms with Gasteiger partial charge in [-0.15, -0.1) is 0 Å². The van der Waals surface area contributed by atoms with E-state index in [2.05, 4.69) is 32.2 Å². The van der Waals surface area contributed by atoms with Crippen LogP contribution in [0, 0.1) is 6.92 Å². The van der Waals surface area contributed by atoms with E-state index < -0.39 is 0 Å². The van der Waals surface area contributed by atoms with E-state index in [0.717, 1.165) is 33.9 Å². The van der Waals surface area contributed by atoms with Crippen LogP contribution in [0.3, 0.4) is 0 Å². The van der Waals surface area contributed by atoms with Crippen molar-refractivity contribution in [1.82, 2.24) is 19.9 Å². The number of aromatic nitrogens is 4. The predicted molar refractivity (Wildman–Crippen MR) is 79.1 cm³/mol. The van der Waals surface area contributed by atoms with Crippen molar-refractivity contribution in [3.63, 3.8) is 0 Å². The molecule has 3 rings (SSSR count). The molecule has 1 aliphatic carbocycles. The van der Waals surface area contributed by atoms with Crippen molar-refractivity contribution in [1.29, 1.82) is 0 Å².